The molecule has 6 heteroatoms. The number of benzene rings is 4. The van der Waals surface area contributed by atoms with E-state index in [-0.39, 0.29) is 77.4 Å². The smallest absolute Gasteiger partial charge is 0.302 e. The molecule has 0 saturated carbocycles. The van der Waals surface area contributed by atoms with E-state index >= 15 is 0 Å². The second kappa shape index (κ2) is 31.5. The van der Waals surface area contributed by atoms with Gasteiger partial charge in [-0.1, -0.05) is 72.8 Å². The summed E-state index contributed by atoms with van der Waals surface area (Å²) in [6.07, 6.45) is 15.7. The van der Waals surface area contributed by atoms with Gasteiger partial charge in [0.2, 0.25) is 0 Å². The van der Waals surface area contributed by atoms with Gasteiger partial charge in [0.25, 0.3) is 0 Å². The second-order valence-corrected chi connectivity index (χ2v) is 9.81. The summed E-state index contributed by atoms with van der Waals surface area (Å²) >= 11 is 0. The SMILES string of the molecule is CC(=O)OC/C=C/c1ccc(-c2cc[c-]cc2)cc1.CC(=O)OC/C=C/c1ccc(/C=C/c2cc[c-]cc2)cc1.C[CH-]C.C[CH-]C.[Y].[Y]. The predicted molar refractivity (Wildman–Crippen MR) is 194 cm³/mol. The van der Waals surface area contributed by atoms with E-state index in [2.05, 4.69) is 48.6 Å². The molecule has 48 heavy (non-hydrogen) atoms. The molecular weight excluding hydrogens is 746 g/mol. The minimum atomic E-state index is -0.265. The molecule has 0 amide bonds. The Hall–Kier alpha value is -2.75. The van der Waals surface area contributed by atoms with Crippen LogP contribution in [-0.4, -0.2) is 25.2 Å². The number of hydrogen-bond donors (Lipinski definition) is 0. The summed E-state index contributed by atoms with van der Waals surface area (Å²) in [5.74, 6) is -0.528. The summed E-state index contributed by atoms with van der Waals surface area (Å²) < 4.78 is 9.66. The quantitative estimate of drug-likeness (QED) is 0.0963. The summed E-state index contributed by atoms with van der Waals surface area (Å²) in [5, 5.41) is 0. The van der Waals surface area contributed by atoms with E-state index in [0.29, 0.717) is 13.2 Å². The zero-order valence-electron chi connectivity index (χ0n) is 29.1. The average molecular weight is 793 g/mol. The molecular formula is C42H46O4Y2-4. The van der Waals surface area contributed by atoms with Gasteiger partial charge in [-0.15, -0.1) is 11.1 Å². The molecule has 0 spiro atoms. The van der Waals surface area contributed by atoms with Crippen molar-refractivity contribution in [3.8, 4) is 11.1 Å². The monoisotopic (exact) mass is 792 g/mol. The van der Waals surface area contributed by atoms with Crippen LogP contribution in [0.25, 0.3) is 35.4 Å². The largest absolute Gasteiger partial charge is 0.462 e. The van der Waals surface area contributed by atoms with Crippen LogP contribution in [0, 0.1) is 25.0 Å². The van der Waals surface area contributed by atoms with Crippen molar-refractivity contribution in [3.63, 3.8) is 0 Å². The fourth-order valence-electron chi connectivity index (χ4n) is 3.49. The molecule has 4 rings (SSSR count). The molecule has 0 aliphatic heterocycles. The Bertz CT molecular complexity index is 1440. The van der Waals surface area contributed by atoms with Gasteiger partial charge < -0.3 is 22.3 Å². The summed E-state index contributed by atoms with van der Waals surface area (Å²) in [6.45, 7) is 11.4. The van der Waals surface area contributed by atoms with Crippen LogP contribution in [0.4, 0.5) is 0 Å². The zero-order chi connectivity index (χ0) is 33.8. The van der Waals surface area contributed by atoms with E-state index in [0.717, 1.165) is 22.3 Å². The second-order valence-electron chi connectivity index (χ2n) is 9.81. The topological polar surface area (TPSA) is 52.6 Å². The van der Waals surface area contributed by atoms with Crippen LogP contribution < -0.4 is 0 Å². The number of ether oxygens (including phenoxy) is 2. The maximum Gasteiger partial charge on any atom is 0.302 e. The van der Waals surface area contributed by atoms with Gasteiger partial charge >= 0.3 is 11.9 Å². The van der Waals surface area contributed by atoms with Crippen LogP contribution in [0.15, 0.2) is 109 Å². The van der Waals surface area contributed by atoms with Gasteiger partial charge in [-0.2, -0.15) is 88.4 Å². The first-order chi connectivity index (χ1) is 22.3. The van der Waals surface area contributed by atoms with E-state index < -0.39 is 0 Å². The van der Waals surface area contributed by atoms with Crippen LogP contribution in [0.5, 0.6) is 0 Å². The van der Waals surface area contributed by atoms with Crippen LogP contribution in [-0.2, 0) is 84.5 Å². The maximum absolute atomic E-state index is 10.6. The molecule has 0 aromatic heterocycles. The third-order valence-electron chi connectivity index (χ3n) is 5.50. The van der Waals surface area contributed by atoms with Gasteiger partial charge in [0.1, 0.15) is 13.2 Å². The fourth-order valence-corrected chi connectivity index (χ4v) is 3.49. The van der Waals surface area contributed by atoms with Crippen LogP contribution in [0.3, 0.4) is 0 Å². The van der Waals surface area contributed by atoms with Crippen molar-refractivity contribution in [1.82, 2.24) is 0 Å². The fraction of sp³-hybridized carbons (Fsp3) is 0.190. The molecule has 0 atom stereocenters. The van der Waals surface area contributed by atoms with Crippen molar-refractivity contribution in [2.24, 2.45) is 0 Å². The van der Waals surface area contributed by atoms with Crippen molar-refractivity contribution < 1.29 is 84.5 Å². The number of carbonyl (C=O) groups is 2. The van der Waals surface area contributed by atoms with E-state index in [4.69, 9.17) is 9.47 Å². The Morgan fingerprint density at radius 1 is 0.521 bits per heavy atom. The molecule has 0 heterocycles. The maximum atomic E-state index is 10.6. The minimum Gasteiger partial charge on any atom is -0.462 e. The van der Waals surface area contributed by atoms with Crippen molar-refractivity contribution in [1.29, 1.82) is 0 Å². The Kier molecular flexibility index (Phi) is 31.1. The standard InChI is InChI=1S/C19H17O2.C17H15O2.2C3H7.2Y/c1-16(20)21-15-5-8-18-10-13-19(14-11-18)12-9-17-6-3-2-4-7-17;1-14(18)19-13-5-6-15-9-11-17(12-10-15)16-7-3-2-4-8-16;2*1-3-2;;/h3-14H,15H2,1H3;3-12H,13H2,1H3;2*3H,1-2H3;;/q4*-1;;/b8-5+,12-9+;6-5+;;;;. The molecule has 0 unspecified atom stereocenters. The Labute approximate surface area is 339 Å². The van der Waals surface area contributed by atoms with Crippen LogP contribution in [0.2, 0.25) is 0 Å². The molecule has 248 valence electrons. The molecule has 0 aliphatic carbocycles. The van der Waals surface area contributed by atoms with Crippen LogP contribution >= 0.6 is 0 Å². The summed E-state index contributed by atoms with van der Waals surface area (Å²) in [7, 11) is 0. The third kappa shape index (κ3) is 24.4. The first kappa shape index (κ1) is 47.4. The first-order valence-corrected chi connectivity index (χ1v) is 15.2. The summed E-state index contributed by atoms with van der Waals surface area (Å²) in [5.41, 5.74) is 6.80. The zero-order valence-corrected chi connectivity index (χ0v) is 34.7. The van der Waals surface area contributed by atoms with Crippen molar-refractivity contribution in [3.05, 3.63) is 156 Å². The van der Waals surface area contributed by atoms with Gasteiger partial charge in [0, 0.05) is 79.3 Å². The molecule has 0 fully saturated rings. The molecule has 0 bridgehead atoms. The molecule has 4 aromatic carbocycles. The normalized spacial score (nSPS) is 9.79. The number of rotatable bonds is 9. The Morgan fingerprint density at radius 2 is 0.812 bits per heavy atom. The third-order valence-corrected chi connectivity index (χ3v) is 5.50. The Morgan fingerprint density at radius 3 is 1.19 bits per heavy atom. The van der Waals surface area contributed by atoms with Crippen molar-refractivity contribution in [2.75, 3.05) is 13.2 Å². The van der Waals surface area contributed by atoms with Gasteiger partial charge in [-0.3, -0.25) is 9.59 Å². The van der Waals surface area contributed by atoms with Crippen molar-refractivity contribution in [2.45, 2.75) is 41.5 Å². The van der Waals surface area contributed by atoms with E-state index in [1.807, 2.05) is 138 Å². The van der Waals surface area contributed by atoms with Gasteiger partial charge in [0.05, 0.1) is 0 Å². The number of esters is 2. The van der Waals surface area contributed by atoms with E-state index in [1.165, 1.54) is 25.0 Å². The Balaban J connectivity index is 0. The van der Waals surface area contributed by atoms with E-state index in [9.17, 15) is 9.59 Å². The van der Waals surface area contributed by atoms with E-state index in [1.54, 1.807) is 0 Å². The average Bonchev–Trinajstić information content (AvgIpc) is 3.07. The molecule has 2 radical (unpaired) electrons. The molecule has 0 saturated heterocycles. The predicted octanol–water partition coefficient (Wildman–Crippen LogP) is 10.4. The number of carbonyl (C=O) groups excluding carboxylic acids is 2. The minimum absolute atomic E-state index is 0. The van der Waals surface area contributed by atoms with Crippen molar-refractivity contribution >= 4 is 36.2 Å². The van der Waals surface area contributed by atoms with Gasteiger partial charge in [-0.25, -0.2) is 0 Å². The molecule has 4 nitrogen and oxygen atoms in total. The molecule has 4 aromatic rings. The van der Waals surface area contributed by atoms with Gasteiger partial charge in [-0.05, 0) is 34.4 Å². The first-order valence-electron chi connectivity index (χ1n) is 15.2. The summed E-state index contributed by atoms with van der Waals surface area (Å²) in [4.78, 5) is 21.2. The van der Waals surface area contributed by atoms with Gasteiger partial charge in [0.15, 0.2) is 0 Å². The molecule has 0 N–H and O–H groups in total. The molecule has 0 aliphatic rings. The summed E-state index contributed by atoms with van der Waals surface area (Å²) in [6, 6.07) is 38.1. The number of hydrogen-bond acceptors (Lipinski definition) is 4. The van der Waals surface area contributed by atoms with Crippen LogP contribution in [0.1, 0.15) is 63.8 Å².